The van der Waals surface area contributed by atoms with Crippen molar-refractivity contribution in [1.82, 2.24) is 0 Å². The molecule has 3 rings (SSSR count). The molecule has 0 spiro atoms. The maximum absolute atomic E-state index is 13.6. The second-order valence-electron chi connectivity index (χ2n) is 5.73. The van der Waals surface area contributed by atoms with Crippen molar-refractivity contribution >= 4 is 18.1 Å². The molecule has 148 valence electrons. The Morgan fingerprint density at radius 2 is 1.50 bits per heavy atom. The molecule has 0 unspecified atom stereocenters. The quantitative estimate of drug-likeness (QED) is 0.507. The van der Waals surface area contributed by atoms with Crippen LogP contribution in [0, 0.1) is 11.6 Å². The lowest BCUT2D eigenvalue weighted by Gasteiger charge is -2.11. The molecule has 28 heavy (non-hydrogen) atoms. The van der Waals surface area contributed by atoms with Crippen LogP contribution >= 0.6 is 12.4 Å². The third kappa shape index (κ3) is 5.50. The Kier molecular flexibility index (Phi) is 7.46. The molecule has 0 fully saturated rings. The normalized spacial score (nSPS) is 10.1. The largest absolute Gasteiger partial charge is 0.494 e. The first kappa shape index (κ1) is 21.3. The van der Waals surface area contributed by atoms with Gasteiger partial charge >= 0.3 is 0 Å². The number of ether oxygens (including phenoxy) is 3. The zero-order chi connectivity index (χ0) is 19.2. The van der Waals surface area contributed by atoms with Gasteiger partial charge in [0.05, 0.1) is 12.3 Å². The van der Waals surface area contributed by atoms with Crippen LogP contribution in [0.1, 0.15) is 12.5 Å². The summed E-state index contributed by atoms with van der Waals surface area (Å²) < 4.78 is 43.4. The predicted octanol–water partition coefficient (Wildman–Crippen LogP) is 5.74. The molecule has 0 atom stereocenters. The van der Waals surface area contributed by atoms with E-state index in [4.69, 9.17) is 19.9 Å². The van der Waals surface area contributed by atoms with E-state index in [-0.39, 0.29) is 24.6 Å². The Balaban J connectivity index is 0.00000280. The number of nitrogens with two attached hydrogens (primary N) is 1. The summed E-state index contributed by atoms with van der Waals surface area (Å²) in [6.07, 6.45) is 0. The Labute approximate surface area is 168 Å². The summed E-state index contributed by atoms with van der Waals surface area (Å²) in [4.78, 5) is 0. The average molecular weight is 408 g/mol. The van der Waals surface area contributed by atoms with E-state index in [9.17, 15) is 8.78 Å². The third-order valence-electron chi connectivity index (χ3n) is 3.75. The standard InChI is InChI=1S/C21H19F2NO3.ClH/c1-2-25-18-8-10-21(20(24)12-18)27-17-6-4-16(5-7-17)26-13-14-11-15(22)3-9-19(14)23;/h3-12H,2,13,24H2,1H3;1H. The monoisotopic (exact) mass is 407 g/mol. The fourth-order valence-electron chi connectivity index (χ4n) is 2.42. The molecule has 3 aromatic carbocycles. The third-order valence-corrected chi connectivity index (χ3v) is 3.75. The van der Waals surface area contributed by atoms with Crippen molar-refractivity contribution < 1.29 is 23.0 Å². The highest BCUT2D eigenvalue weighted by atomic mass is 35.5. The second-order valence-corrected chi connectivity index (χ2v) is 5.73. The lowest BCUT2D eigenvalue weighted by atomic mass is 10.2. The summed E-state index contributed by atoms with van der Waals surface area (Å²) in [6.45, 7) is 2.38. The van der Waals surface area contributed by atoms with Crippen molar-refractivity contribution in [3.8, 4) is 23.0 Å². The summed E-state index contributed by atoms with van der Waals surface area (Å²) in [5.74, 6) is 1.24. The number of anilines is 1. The van der Waals surface area contributed by atoms with Gasteiger partial charge in [-0.25, -0.2) is 8.78 Å². The van der Waals surface area contributed by atoms with Crippen LogP contribution in [0.5, 0.6) is 23.0 Å². The van der Waals surface area contributed by atoms with Gasteiger partial charge in [0, 0.05) is 11.6 Å². The molecular formula is C21H20ClF2NO3. The van der Waals surface area contributed by atoms with Crippen LogP contribution in [0.3, 0.4) is 0 Å². The van der Waals surface area contributed by atoms with E-state index in [1.165, 1.54) is 0 Å². The van der Waals surface area contributed by atoms with Gasteiger partial charge in [-0.15, -0.1) is 12.4 Å². The zero-order valence-corrected chi connectivity index (χ0v) is 16.0. The fourth-order valence-corrected chi connectivity index (χ4v) is 2.42. The number of hydrogen-bond donors (Lipinski definition) is 1. The van der Waals surface area contributed by atoms with Gasteiger partial charge in [-0.1, -0.05) is 0 Å². The summed E-state index contributed by atoms with van der Waals surface area (Å²) >= 11 is 0. The topological polar surface area (TPSA) is 53.7 Å². The number of nitrogen functional groups attached to an aromatic ring is 1. The van der Waals surface area contributed by atoms with Crippen molar-refractivity contribution in [3.05, 3.63) is 77.9 Å². The number of rotatable bonds is 7. The van der Waals surface area contributed by atoms with Crippen LogP contribution in [0.15, 0.2) is 60.7 Å². The second kappa shape index (κ2) is 9.80. The van der Waals surface area contributed by atoms with E-state index in [2.05, 4.69) is 0 Å². The molecule has 7 heteroatoms. The lowest BCUT2D eigenvalue weighted by Crippen LogP contribution is -1.99. The zero-order valence-electron chi connectivity index (χ0n) is 15.2. The molecule has 0 radical (unpaired) electrons. The molecule has 0 amide bonds. The van der Waals surface area contributed by atoms with Crippen molar-refractivity contribution in [2.45, 2.75) is 13.5 Å². The Hall–Kier alpha value is -2.99. The lowest BCUT2D eigenvalue weighted by molar-refractivity contribution is 0.298. The molecule has 0 saturated heterocycles. The van der Waals surface area contributed by atoms with Gasteiger partial charge in [-0.2, -0.15) is 0 Å². The van der Waals surface area contributed by atoms with E-state index >= 15 is 0 Å². The highest BCUT2D eigenvalue weighted by molar-refractivity contribution is 5.85. The van der Waals surface area contributed by atoms with Crippen LogP contribution in [0.2, 0.25) is 0 Å². The van der Waals surface area contributed by atoms with E-state index in [0.29, 0.717) is 35.3 Å². The number of hydrogen-bond acceptors (Lipinski definition) is 4. The van der Waals surface area contributed by atoms with Gasteiger partial charge in [-0.3, -0.25) is 0 Å². The van der Waals surface area contributed by atoms with Crippen molar-refractivity contribution in [2.24, 2.45) is 0 Å². The molecule has 0 bridgehead atoms. The maximum Gasteiger partial charge on any atom is 0.150 e. The van der Waals surface area contributed by atoms with Crippen LogP contribution in [-0.4, -0.2) is 6.61 Å². The Morgan fingerprint density at radius 3 is 2.18 bits per heavy atom. The van der Waals surface area contributed by atoms with Gasteiger partial charge in [0.1, 0.15) is 35.5 Å². The van der Waals surface area contributed by atoms with Crippen molar-refractivity contribution in [1.29, 1.82) is 0 Å². The highest BCUT2D eigenvalue weighted by Crippen LogP contribution is 2.31. The van der Waals surface area contributed by atoms with Crippen LogP contribution in [-0.2, 0) is 6.61 Å². The minimum absolute atomic E-state index is 0. The first-order valence-electron chi connectivity index (χ1n) is 8.42. The van der Waals surface area contributed by atoms with E-state index in [1.54, 1.807) is 42.5 Å². The molecule has 3 aromatic rings. The molecule has 0 aromatic heterocycles. The van der Waals surface area contributed by atoms with Gasteiger partial charge in [-0.05, 0) is 61.5 Å². The van der Waals surface area contributed by atoms with E-state index < -0.39 is 11.6 Å². The fraction of sp³-hybridized carbons (Fsp3) is 0.143. The van der Waals surface area contributed by atoms with Crippen molar-refractivity contribution in [3.63, 3.8) is 0 Å². The number of benzene rings is 3. The molecule has 2 N–H and O–H groups in total. The molecule has 0 aliphatic rings. The highest BCUT2D eigenvalue weighted by Gasteiger charge is 2.07. The first-order valence-corrected chi connectivity index (χ1v) is 8.42. The summed E-state index contributed by atoms with van der Waals surface area (Å²) in [5.41, 5.74) is 6.58. The first-order chi connectivity index (χ1) is 13.0. The van der Waals surface area contributed by atoms with Gasteiger partial charge in [0.25, 0.3) is 0 Å². The van der Waals surface area contributed by atoms with Gasteiger partial charge in [0.15, 0.2) is 5.75 Å². The smallest absolute Gasteiger partial charge is 0.150 e. The predicted molar refractivity (Wildman–Crippen MR) is 106 cm³/mol. The number of halogens is 3. The SMILES string of the molecule is CCOc1ccc(Oc2ccc(OCc3cc(F)ccc3F)cc2)c(N)c1.Cl. The summed E-state index contributed by atoms with van der Waals surface area (Å²) in [6, 6.07) is 15.2. The Morgan fingerprint density at radius 1 is 0.821 bits per heavy atom. The molecule has 4 nitrogen and oxygen atoms in total. The van der Waals surface area contributed by atoms with Gasteiger partial charge in [0.2, 0.25) is 0 Å². The van der Waals surface area contributed by atoms with E-state index in [1.807, 2.05) is 6.92 Å². The Bertz CT molecular complexity index is 920. The average Bonchev–Trinajstić information content (AvgIpc) is 2.66. The minimum atomic E-state index is -0.512. The van der Waals surface area contributed by atoms with Crippen LogP contribution < -0.4 is 19.9 Å². The minimum Gasteiger partial charge on any atom is -0.494 e. The molecule has 0 aliphatic carbocycles. The summed E-state index contributed by atoms with van der Waals surface area (Å²) in [7, 11) is 0. The summed E-state index contributed by atoms with van der Waals surface area (Å²) in [5, 5.41) is 0. The van der Waals surface area contributed by atoms with E-state index in [0.717, 1.165) is 18.2 Å². The van der Waals surface area contributed by atoms with Crippen LogP contribution in [0.4, 0.5) is 14.5 Å². The van der Waals surface area contributed by atoms with Crippen molar-refractivity contribution in [2.75, 3.05) is 12.3 Å². The molecular weight excluding hydrogens is 388 g/mol. The maximum atomic E-state index is 13.6. The van der Waals surface area contributed by atoms with Gasteiger partial charge < -0.3 is 19.9 Å². The molecule has 0 saturated carbocycles. The molecule has 0 aliphatic heterocycles. The van der Waals surface area contributed by atoms with Crippen LogP contribution in [0.25, 0.3) is 0 Å². The molecule has 0 heterocycles.